The molecule has 0 bridgehead atoms. The summed E-state index contributed by atoms with van der Waals surface area (Å²) in [5, 5.41) is 4.80. The molecule has 0 aliphatic heterocycles. The molecule has 26 heavy (non-hydrogen) atoms. The van der Waals surface area contributed by atoms with Gasteiger partial charge in [0.25, 0.3) is 0 Å². The quantitative estimate of drug-likeness (QED) is 0.651. The number of hydrogen-bond acceptors (Lipinski definition) is 3. The molecule has 0 spiro atoms. The van der Waals surface area contributed by atoms with Crippen LogP contribution in [0.1, 0.15) is 12.5 Å². The average molecular weight is 370 g/mol. The van der Waals surface area contributed by atoms with Crippen molar-refractivity contribution in [3.05, 3.63) is 64.9 Å². The lowest BCUT2D eigenvalue weighted by Gasteiger charge is -2.13. The Morgan fingerprint density at radius 1 is 1.08 bits per heavy atom. The van der Waals surface area contributed by atoms with Gasteiger partial charge in [-0.2, -0.15) is 4.68 Å². The van der Waals surface area contributed by atoms with Gasteiger partial charge in [-0.25, -0.2) is 0 Å². The molecule has 6 heteroatoms. The second-order valence-electron chi connectivity index (χ2n) is 6.36. The van der Waals surface area contributed by atoms with E-state index in [2.05, 4.69) is 42.8 Å². The maximum absolute atomic E-state index is 5.67. The first kappa shape index (κ1) is 18.4. The molecule has 1 aromatic heterocycles. The summed E-state index contributed by atoms with van der Waals surface area (Å²) in [6, 6.07) is 18.4. The largest absolute Gasteiger partial charge is 0.497 e. The molecule has 1 N–H and O–H groups in total. The molecule has 1 heterocycles. The number of hydrogen-bond donors (Lipinski definition) is 1. The number of rotatable bonds is 7. The van der Waals surface area contributed by atoms with Gasteiger partial charge in [0.05, 0.1) is 14.2 Å². The predicted octanol–water partition coefficient (Wildman–Crippen LogP) is 2.78. The molecule has 0 saturated heterocycles. The van der Waals surface area contributed by atoms with E-state index in [0.717, 1.165) is 41.7 Å². The first-order valence-electron chi connectivity index (χ1n) is 8.79. The number of nitrogens with zero attached hydrogens (tertiary/aromatic N) is 3. The van der Waals surface area contributed by atoms with Crippen LogP contribution in [0.15, 0.2) is 54.6 Å². The van der Waals surface area contributed by atoms with Crippen LogP contribution in [0.3, 0.4) is 0 Å². The lowest BCUT2D eigenvalue weighted by atomic mass is 10.2. The molecule has 1 atom stereocenters. The Bertz CT molecular complexity index is 900. The van der Waals surface area contributed by atoms with Gasteiger partial charge in [0.15, 0.2) is 12.5 Å². The fourth-order valence-electron chi connectivity index (χ4n) is 3.04. The summed E-state index contributed by atoms with van der Waals surface area (Å²) in [6.45, 7) is 4.54. The van der Waals surface area contributed by atoms with E-state index >= 15 is 0 Å². The minimum Gasteiger partial charge on any atom is -0.497 e. The zero-order valence-electron chi connectivity index (χ0n) is 15.5. The number of benzene rings is 2. The fraction of sp³-hybridized carbons (Fsp3) is 0.300. The van der Waals surface area contributed by atoms with Crippen molar-refractivity contribution in [3.63, 3.8) is 0 Å². The van der Waals surface area contributed by atoms with Gasteiger partial charge in [-0.05, 0) is 43.4 Å². The van der Waals surface area contributed by atoms with Crippen molar-refractivity contribution in [1.29, 1.82) is 0 Å². The van der Waals surface area contributed by atoms with Crippen LogP contribution in [0.25, 0.3) is 11.4 Å². The second-order valence-corrected chi connectivity index (χ2v) is 6.72. The first-order valence-corrected chi connectivity index (χ1v) is 9.20. The lowest BCUT2D eigenvalue weighted by molar-refractivity contribution is -0.917. The normalized spacial score (nSPS) is 12.1. The molecule has 3 rings (SSSR count). The smallest absolute Gasteiger partial charge is 0.203 e. The molecule has 2 aromatic carbocycles. The Labute approximate surface area is 159 Å². The van der Waals surface area contributed by atoms with Gasteiger partial charge in [-0.15, -0.1) is 5.10 Å². The monoisotopic (exact) mass is 369 g/mol. The zero-order chi connectivity index (χ0) is 18.5. The van der Waals surface area contributed by atoms with Crippen LogP contribution in [0, 0.1) is 4.77 Å². The molecule has 1 unspecified atom stereocenters. The minimum absolute atomic E-state index is 0.726. The molecule has 0 amide bonds. The van der Waals surface area contributed by atoms with Crippen LogP contribution < -0.4 is 9.64 Å². The summed E-state index contributed by atoms with van der Waals surface area (Å²) in [5.74, 6) is 1.73. The van der Waals surface area contributed by atoms with Crippen LogP contribution in [-0.2, 0) is 19.8 Å². The Morgan fingerprint density at radius 3 is 2.38 bits per heavy atom. The summed E-state index contributed by atoms with van der Waals surface area (Å²) in [4.78, 5) is 1.33. The van der Waals surface area contributed by atoms with Crippen LogP contribution >= 0.6 is 12.2 Å². The van der Waals surface area contributed by atoms with E-state index in [1.54, 1.807) is 7.11 Å². The van der Waals surface area contributed by atoms with Gasteiger partial charge in [0.2, 0.25) is 4.77 Å². The third-order valence-electron chi connectivity index (χ3n) is 4.36. The number of nitrogens with one attached hydrogen (secondary N) is 1. The van der Waals surface area contributed by atoms with Gasteiger partial charge in [0.1, 0.15) is 12.3 Å². The Kier molecular flexibility index (Phi) is 5.85. The highest BCUT2D eigenvalue weighted by molar-refractivity contribution is 7.71. The maximum atomic E-state index is 5.67. The van der Waals surface area contributed by atoms with Crippen molar-refractivity contribution >= 4 is 12.2 Å². The van der Waals surface area contributed by atoms with E-state index in [9.17, 15) is 0 Å². The molecular formula is C20H25N4OS+. The first-order chi connectivity index (χ1) is 12.6. The molecule has 5 nitrogen and oxygen atoms in total. The Morgan fingerprint density at radius 2 is 1.77 bits per heavy atom. The third-order valence-corrected chi connectivity index (χ3v) is 4.79. The molecule has 0 aliphatic carbocycles. The van der Waals surface area contributed by atoms with E-state index < -0.39 is 0 Å². The number of aromatic nitrogens is 3. The van der Waals surface area contributed by atoms with Crippen molar-refractivity contribution in [2.24, 2.45) is 0 Å². The van der Waals surface area contributed by atoms with Crippen LogP contribution in [0.2, 0.25) is 0 Å². The molecule has 136 valence electrons. The number of ether oxygens (including phenoxy) is 1. The van der Waals surface area contributed by atoms with E-state index in [-0.39, 0.29) is 0 Å². The second kappa shape index (κ2) is 8.29. The SMILES string of the molecule is CCn1c(-c2ccc(OC)cc2)nn(C[NH+](C)Cc2ccccc2)c1=S. The molecule has 0 radical (unpaired) electrons. The van der Waals surface area contributed by atoms with Crippen molar-refractivity contribution in [2.45, 2.75) is 26.7 Å². The summed E-state index contributed by atoms with van der Waals surface area (Å²) >= 11 is 5.67. The minimum atomic E-state index is 0.726. The summed E-state index contributed by atoms with van der Waals surface area (Å²) < 4.78 is 10.0. The van der Waals surface area contributed by atoms with Crippen molar-refractivity contribution in [3.8, 4) is 17.1 Å². The zero-order valence-corrected chi connectivity index (χ0v) is 16.3. The lowest BCUT2D eigenvalue weighted by Crippen LogP contribution is -3.07. The Hall–Kier alpha value is -2.44. The van der Waals surface area contributed by atoms with Crippen LogP contribution in [0.5, 0.6) is 5.75 Å². The summed E-state index contributed by atoms with van der Waals surface area (Å²) in [5.41, 5.74) is 2.35. The number of methoxy groups -OCH3 is 1. The topological polar surface area (TPSA) is 36.4 Å². The van der Waals surface area contributed by atoms with Crippen molar-refractivity contribution in [2.75, 3.05) is 14.2 Å². The van der Waals surface area contributed by atoms with Crippen molar-refractivity contribution in [1.82, 2.24) is 14.3 Å². The maximum Gasteiger partial charge on any atom is 0.203 e. The average Bonchev–Trinajstić information content (AvgIpc) is 2.98. The molecule has 3 aromatic rings. The molecular weight excluding hydrogens is 344 g/mol. The Balaban J connectivity index is 1.84. The van der Waals surface area contributed by atoms with E-state index in [0.29, 0.717) is 0 Å². The standard InChI is InChI=1S/C20H24N4OS/c1-4-23-19(17-10-12-18(25-3)13-11-17)21-24(20(23)26)15-22(2)14-16-8-6-5-7-9-16/h5-13H,4,14-15H2,1-3H3/p+1. The van der Waals surface area contributed by atoms with Crippen molar-refractivity contribution < 1.29 is 9.64 Å². The van der Waals surface area contributed by atoms with Gasteiger partial charge < -0.3 is 14.2 Å². The van der Waals surface area contributed by atoms with Crippen LogP contribution in [-0.4, -0.2) is 28.5 Å². The van der Waals surface area contributed by atoms with Gasteiger partial charge in [-0.3, -0.25) is 0 Å². The molecule has 0 saturated carbocycles. The summed E-state index contributed by atoms with van der Waals surface area (Å²) in [6.07, 6.45) is 0. The summed E-state index contributed by atoms with van der Waals surface area (Å²) in [7, 11) is 3.83. The molecule has 0 aliphatic rings. The van der Waals surface area contributed by atoms with Crippen LogP contribution in [0.4, 0.5) is 0 Å². The van der Waals surface area contributed by atoms with E-state index in [4.69, 9.17) is 22.1 Å². The van der Waals surface area contributed by atoms with Gasteiger partial charge >= 0.3 is 0 Å². The van der Waals surface area contributed by atoms with Gasteiger partial charge in [-0.1, -0.05) is 30.3 Å². The fourth-order valence-corrected chi connectivity index (χ4v) is 3.36. The number of quaternary nitrogens is 1. The highest BCUT2D eigenvalue weighted by atomic mass is 32.1. The van der Waals surface area contributed by atoms with Gasteiger partial charge in [0, 0.05) is 17.7 Å². The highest BCUT2D eigenvalue weighted by Gasteiger charge is 2.14. The van der Waals surface area contributed by atoms with E-state index in [1.807, 2.05) is 35.0 Å². The predicted molar refractivity (Wildman–Crippen MR) is 106 cm³/mol. The molecule has 0 fully saturated rings. The highest BCUT2D eigenvalue weighted by Crippen LogP contribution is 2.21. The van der Waals surface area contributed by atoms with E-state index in [1.165, 1.54) is 10.5 Å². The third kappa shape index (κ3) is 4.03.